The Bertz CT molecular complexity index is 593. The molecule has 2 rings (SSSR count). The highest BCUT2D eigenvalue weighted by Crippen LogP contribution is 2.20. The molecule has 4 heteroatoms. The lowest BCUT2D eigenvalue weighted by Crippen LogP contribution is -1.95. The first-order valence-corrected chi connectivity index (χ1v) is 6.70. The Morgan fingerprint density at radius 1 is 1.21 bits per heavy atom. The van der Waals surface area contributed by atoms with Crippen molar-refractivity contribution in [2.45, 2.75) is 13.2 Å². The molecule has 0 fully saturated rings. The fourth-order valence-electron chi connectivity index (χ4n) is 1.58. The van der Waals surface area contributed by atoms with E-state index in [1.54, 1.807) is 11.3 Å². The van der Waals surface area contributed by atoms with Crippen molar-refractivity contribution in [3.8, 4) is 17.6 Å². The summed E-state index contributed by atoms with van der Waals surface area (Å²) >= 11 is 1.57. The fourth-order valence-corrected chi connectivity index (χ4v) is 2.32. The minimum absolute atomic E-state index is 0.00340. The summed E-state index contributed by atoms with van der Waals surface area (Å²) in [6, 6.07) is 9.27. The number of rotatable bonds is 4. The fraction of sp³-hybridized carbons (Fsp3) is 0.200. The van der Waals surface area contributed by atoms with Crippen molar-refractivity contribution in [1.82, 2.24) is 0 Å². The van der Waals surface area contributed by atoms with E-state index in [0.717, 1.165) is 21.8 Å². The molecule has 0 aliphatic rings. The average Bonchev–Trinajstić information content (AvgIpc) is 2.90. The van der Waals surface area contributed by atoms with Gasteiger partial charge in [-0.15, -0.1) is 11.3 Å². The molecule has 0 unspecified atom stereocenters. The van der Waals surface area contributed by atoms with Gasteiger partial charge in [-0.2, -0.15) is 0 Å². The first-order valence-electron chi connectivity index (χ1n) is 5.82. The van der Waals surface area contributed by atoms with Crippen LogP contribution in [0.15, 0.2) is 35.7 Å². The molecular formula is C15H14O3S. The number of thiophene rings is 1. The van der Waals surface area contributed by atoms with Crippen LogP contribution in [0, 0.1) is 11.8 Å². The van der Waals surface area contributed by atoms with Gasteiger partial charge in [-0.25, -0.2) is 0 Å². The summed E-state index contributed by atoms with van der Waals surface area (Å²) in [6.45, 7) is 0.292. The second kappa shape index (κ2) is 6.95. The van der Waals surface area contributed by atoms with Gasteiger partial charge >= 0.3 is 0 Å². The van der Waals surface area contributed by atoms with E-state index in [1.807, 2.05) is 35.7 Å². The highest BCUT2D eigenvalue weighted by molar-refractivity contribution is 7.10. The Balaban J connectivity index is 2.04. The molecule has 1 aromatic carbocycles. The normalized spacial score (nSPS) is 9.79. The number of hydrogen-bond donors (Lipinski definition) is 2. The molecule has 98 valence electrons. The third-order valence-corrected chi connectivity index (χ3v) is 3.39. The molecule has 2 aromatic rings. The van der Waals surface area contributed by atoms with Gasteiger partial charge in [0.15, 0.2) is 0 Å². The van der Waals surface area contributed by atoms with Gasteiger partial charge < -0.3 is 14.9 Å². The van der Waals surface area contributed by atoms with Gasteiger partial charge in [0.1, 0.15) is 19.0 Å². The zero-order valence-corrected chi connectivity index (χ0v) is 11.1. The van der Waals surface area contributed by atoms with Crippen LogP contribution in [-0.4, -0.2) is 16.8 Å². The molecule has 0 aliphatic heterocycles. The molecular weight excluding hydrogens is 260 g/mol. The minimum atomic E-state index is -0.144. The predicted octanol–water partition coefficient (Wildman–Crippen LogP) is 2.16. The second-order valence-electron chi connectivity index (χ2n) is 3.81. The molecule has 3 nitrogen and oxygen atoms in total. The molecule has 1 heterocycles. The molecule has 0 spiro atoms. The lowest BCUT2D eigenvalue weighted by molar-refractivity contribution is 0.278. The lowest BCUT2D eigenvalue weighted by Gasteiger charge is -2.06. The zero-order valence-electron chi connectivity index (χ0n) is 10.3. The van der Waals surface area contributed by atoms with E-state index in [9.17, 15) is 0 Å². The first-order chi connectivity index (χ1) is 9.33. The molecule has 0 saturated carbocycles. The van der Waals surface area contributed by atoms with Crippen LogP contribution in [0.1, 0.15) is 16.0 Å². The predicted molar refractivity (Wildman–Crippen MR) is 75.0 cm³/mol. The van der Waals surface area contributed by atoms with E-state index in [-0.39, 0.29) is 13.2 Å². The highest BCUT2D eigenvalue weighted by atomic mass is 32.1. The van der Waals surface area contributed by atoms with Crippen LogP contribution in [0.2, 0.25) is 0 Å². The van der Waals surface area contributed by atoms with Crippen LogP contribution in [-0.2, 0) is 13.2 Å². The maximum absolute atomic E-state index is 9.06. The zero-order chi connectivity index (χ0) is 13.5. The van der Waals surface area contributed by atoms with Crippen molar-refractivity contribution in [2.75, 3.05) is 6.61 Å². The Morgan fingerprint density at radius 2 is 2.11 bits per heavy atom. The third-order valence-electron chi connectivity index (χ3n) is 2.50. The molecule has 2 N–H and O–H groups in total. The summed E-state index contributed by atoms with van der Waals surface area (Å²) in [5.74, 6) is 6.25. The summed E-state index contributed by atoms with van der Waals surface area (Å²) < 4.78 is 5.68. The molecule has 0 radical (unpaired) electrons. The Labute approximate surface area is 116 Å². The van der Waals surface area contributed by atoms with Crippen LogP contribution in [0.25, 0.3) is 0 Å². The third kappa shape index (κ3) is 3.83. The van der Waals surface area contributed by atoms with E-state index in [0.29, 0.717) is 6.61 Å². The first kappa shape index (κ1) is 13.6. The van der Waals surface area contributed by atoms with E-state index >= 15 is 0 Å². The molecule has 0 saturated heterocycles. The van der Waals surface area contributed by atoms with Crippen molar-refractivity contribution in [3.63, 3.8) is 0 Å². The SMILES string of the molecule is OCC#Cc1ccsc1COc1cccc(CO)c1. The number of aliphatic hydroxyl groups is 2. The molecule has 19 heavy (non-hydrogen) atoms. The van der Waals surface area contributed by atoms with Gasteiger partial charge in [0, 0.05) is 5.56 Å². The van der Waals surface area contributed by atoms with Gasteiger partial charge in [0.2, 0.25) is 0 Å². The largest absolute Gasteiger partial charge is 0.488 e. The number of benzene rings is 1. The number of ether oxygens (including phenoxy) is 1. The minimum Gasteiger partial charge on any atom is -0.488 e. The van der Waals surface area contributed by atoms with Gasteiger partial charge in [0.25, 0.3) is 0 Å². The van der Waals surface area contributed by atoms with Crippen molar-refractivity contribution in [3.05, 3.63) is 51.7 Å². The lowest BCUT2D eigenvalue weighted by atomic mass is 10.2. The molecule has 0 aliphatic carbocycles. The van der Waals surface area contributed by atoms with E-state index in [2.05, 4.69) is 11.8 Å². The van der Waals surface area contributed by atoms with Crippen molar-refractivity contribution in [2.24, 2.45) is 0 Å². The maximum Gasteiger partial charge on any atom is 0.124 e. The van der Waals surface area contributed by atoms with E-state index in [4.69, 9.17) is 14.9 Å². The van der Waals surface area contributed by atoms with Crippen molar-refractivity contribution < 1.29 is 14.9 Å². The summed E-state index contributed by atoms with van der Waals surface area (Å²) in [5.41, 5.74) is 1.71. The van der Waals surface area contributed by atoms with Gasteiger partial charge in [-0.05, 0) is 29.1 Å². The summed E-state index contributed by atoms with van der Waals surface area (Å²) in [7, 11) is 0. The summed E-state index contributed by atoms with van der Waals surface area (Å²) in [4.78, 5) is 1.02. The van der Waals surface area contributed by atoms with E-state index < -0.39 is 0 Å². The Kier molecular flexibility index (Phi) is 4.99. The maximum atomic E-state index is 9.06. The number of hydrogen-bond acceptors (Lipinski definition) is 4. The Hall–Kier alpha value is -1.80. The van der Waals surface area contributed by atoms with Gasteiger partial charge in [-0.3, -0.25) is 0 Å². The van der Waals surface area contributed by atoms with Crippen molar-refractivity contribution >= 4 is 11.3 Å². The van der Waals surface area contributed by atoms with E-state index in [1.165, 1.54) is 0 Å². The van der Waals surface area contributed by atoms with Gasteiger partial charge in [0.05, 0.1) is 11.5 Å². The Morgan fingerprint density at radius 3 is 2.89 bits per heavy atom. The average molecular weight is 274 g/mol. The number of aliphatic hydroxyl groups excluding tert-OH is 2. The molecule has 1 aromatic heterocycles. The van der Waals surface area contributed by atoms with Crippen LogP contribution in [0.3, 0.4) is 0 Å². The highest BCUT2D eigenvalue weighted by Gasteiger charge is 2.03. The summed E-state index contributed by atoms with van der Waals surface area (Å²) in [5, 5.41) is 19.7. The van der Waals surface area contributed by atoms with Crippen LogP contribution in [0.4, 0.5) is 0 Å². The second-order valence-corrected chi connectivity index (χ2v) is 4.81. The smallest absolute Gasteiger partial charge is 0.124 e. The quantitative estimate of drug-likeness (QED) is 0.840. The van der Waals surface area contributed by atoms with Crippen LogP contribution in [0.5, 0.6) is 5.75 Å². The molecule has 0 atom stereocenters. The monoisotopic (exact) mass is 274 g/mol. The summed E-state index contributed by atoms with van der Waals surface area (Å²) in [6.07, 6.45) is 0. The molecule has 0 bridgehead atoms. The molecule has 0 amide bonds. The van der Waals surface area contributed by atoms with Crippen LogP contribution < -0.4 is 4.74 Å². The van der Waals surface area contributed by atoms with Gasteiger partial charge in [-0.1, -0.05) is 24.0 Å². The topological polar surface area (TPSA) is 49.7 Å². The standard InChI is InChI=1S/C15H14O3S/c16-7-2-4-13-6-8-19-15(13)11-18-14-5-1-3-12(9-14)10-17/h1,3,5-6,8-9,16-17H,7,10-11H2. The van der Waals surface area contributed by atoms with Crippen molar-refractivity contribution in [1.29, 1.82) is 0 Å². The van der Waals surface area contributed by atoms with Crippen LogP contribution >= 0.6 is 11.3 Å².